The molecule has 2 rings (SSSR count). The van der Waals surface area contributed by atoms with Gasteiger partial charge in [-0.2, -0.15) is 0 Å². The Labute approximate surface area is 88.2 Å². The third-order valence-electron chi connectivity index (χ3n) is 2.50. The third-order valence-corrected chi connectivity index (χ3v) is 2.83. The Morgan fingerprint density at radius 3 is 3.07 bits per heavy atom. The van der Waals surface area contributed by atoms with Gasteiger partial charge in [0.25, 0.3) is 0 Å². The predicted molar refractivity (Wildman–Crippen MR) is 58.9 cm³/mol. The van der Waals surface area contributed by atoms with E-state index in [0.717, 1.165) is 30.4 Å². The zero-order valence-corrected chi connectivity index (χ0v) is 8.80. The molecular weight excluding hydrogens is 198 g/mol. The molecule has 0 unspecified atom stereocenters. The van der Waals surface area contributed by atoms with Crippen LogP contribution in [0.5, 0.6) is 5.75 Å². The van der Waals surface area contributed by atoms with Crippen LogP contribution < -0.4 is 0 Å². The molecule has 0 saturated heterocycles. The summed E-state index contributed by atoms with van der Waals surface area (Å²) in [6.45, 7) is 1.84. The Morgan fingerprint density at radius 2 is 2.29 bits per heavy atom. The predicted octanol–water partition coefficient (Wildman–Crippen LogP) is 3.39. The Morgan fingerprint density at radius 1 is 1.50 bits per heavy atom. The summed E-state index contributed by atoms with van der Waals surface area (Å²) in [4.78, 5) is 4.25. The minimum Gasteiger partial charge on any atom is -0.505 e. The van der Waals surface area contributed by atoms with Crippen molar-refractivity contribution in [2.75, 3.05) is 0 Å². The normalized spacial score (nSPS) is 15.0. The van der Waals surface area contributed by atoms with Crippen molar-refractivity contribution in [3.63, 3.8) is 0 Å². The van der Waals surface area contributed by atoms with Crippen LogP contribution >= 0.6 is 11.6 Å². The number of nitrogens with zero attached hydrogens (tertiary/aromatic N) is 1. The van der Waals surface area contributed by atoms with Crippen molar-refractivity contribution >= 4 is 23.5 Å². The fraction of sp³-hybridized carbons (Fsp3) is 0.364. The largest absolute Gasteiger partial charge is 0.505 e. The number of aliphatic imine (C=N–C) groups is 1. The average Bonchev–Trinajstić information content (AvgIpc) is 2.39. The molecule has 1 aliphatic rings. The van der Waals surface area contributed by atoms with Crippen LogP contribution in [-0.2, 0) is 6.42 Å². The van der Waals surface area contributed by atoms with Crippen LogP contribution in [-0.4, -0.2) is 11.3 Å². The van der Waals surface area contributed by atoms with E-state index in [1.165, 1.54) is 0 Å². The van der Waals surface area contributed by atoms with Crippen molar-refractivity contribution in [2.24, 2.45) is 4.99 Å². The topological polar surface area (TPSA) is 32.6 Å². The number of halogens is 1. The highest BCUT2D eigenvalue weighted by Gasteiger charge is 2.15. The van der Waals surface area contributed by atoms with E-state index in [4.69, 9.17) is 11.6 Å². The number of aromatic hydroxyl groups is 1. The van der Waals surface area contributed by atoms with Gasteiger partial charge in [-0.3, -0.25) is 4.99 Å². The Balaban J connectivity index is 2.67. The average molecular weight is 210 g/mol. The smallest absolute Gasteiger partial charge is 0.144 e. The van der Waals surface area contributed by atoms with Gasteiger partial charge in [0.1, 0.15) is 11.4 Å². The number of phenols is 1. The molecule has 1 aromatic rings. The Kier molecular flexibility index (Phi) is 2.46. The zero-order chi connectivity index (χ0) is 10.1. The minimum absolute atomic E-state index is 0.266. The van der Waals surface area contributed by atoms with E-state index in [2.05, 4.69) is 4.99 Å². The summed E-state index contributed by atoms with van der Waals surface area (Å²) in [5.41, 5.74) is 2.42. The number of fused-ring (bicyclic) bond motifs is 1. The van der Waals surface area contributed by atoms with E-state index >= 15 is 0 Å². The number of rotatable bonds is 0. The lowest BCUT2D eigenvalue weighted by Crippen LogP contribution is -1.88. The van der Waals surface area contributed by atoms with Crippen LogP contribution in [0.25, 0.3) is 0 Å². The summed E-state index contributed by atoms with van der Waals surface area (Å²) in [6.07, 6.45) is 4.73. The molecule has 2 nitrogen and oxygen atoms in total. The molecule has 0 radical (unpaired) electrons. The summed E-state index contributed by atoms with van der Waals surface area (Å²) in [5, 5.41) is 10.5. The Bertz CT molecular complexity index is 399. The highest BCUT2D eigenvalue weighted by Crippen LogP contribution is 2.40. The lowest BCUT2D eigenvalue weighted by Gasteiger charge is -2.09. The number of hydrogen-bond donors (Lipinski definition) is 1. The first-order valence-electron chi connectivity index (χ1n) is 4.73. The van der Waals surface area contributed by atoms with Gasteiger partial charge in [0, 0.05) is 16.8 Å². The zero-order valence-electron chi connectivity index (χ0n) is 8.05. The van der Waals surface area contributed by atoms with E-state index < -0.39 is 0 Å². The molecule has 1 N–H and O–H groups in total. The summed E-state index contributed by atoms with van der Waals surface area (Å²) < 4.78 is 0. The first-order chi connectivity index (χ1) is 6.70. The van der Waals surface area contributed by atoms with Gasteiger partial charge in [0.05, 0.1) is 0 Å². The number of benzene rings is 1. The maximum atomic E-state index is 9.82. The van der Waals surface area contributed by atoms with E-state index in [9.17, 15) is 5.11 Å². The van der Waals surface area contributed by atoms with E-state index in [1.54, 1.807) is 6.07 Å². The lowest BCUT2D eigenvalue weighted by atomic mass is 10.0. The number of hydrogen-bond acceptors (Lipinski definition) is 2. The standard InChI is InChI=1S/C11H12ClNO/c1-7-6-9(12)8-4-2-3-5-13-10(8)11(7)14/h5-6,14H,2-4H2,1H3. The number of phenolic OH excluding ortho intramolecular Hbond substituents is 1. The van der Waals surface area contributed by atoms with Crippen molar-refractivity contribution in [1.82, 2.24) is 0 Å². The summed E-state index contributed by atoms with van der Waals surface area (Å²) in [7, 11) is 0. The molecule has 0 atom stereocenters. The quantitative estimate of drug-likeness (QED) is 0.698. The molecule has 0 fully saturated rings. The van der Waals surface area contributed by atoms with E-state index in [-0.39, 0.29) is 5.75 Å². The molecule has 0 bridgehead atoms. The molecule has 1 aliphatic heterocycles. The first-order valence-corrected chi connectivity index (χ1v) is 5.11. The minimum atomic E-state index is 0.266. The van der Waals surface area contributed by atoms with Crippen molar-refractivity contribution in [1.29, 1.82) is 0 Å². The first kappa shape index (κ1) is 9.53. The van der Waals surface area contributed by atoms with E-state index in [0.29, 0.717) is 10.7 Å². The third kappa shape index (κ3) is 1.50. The summed E-state index contributed by atoms with van der Waals surface area (Å²) in [6, 6.07) is 1.80. The lowest BCUT2D eigenvalue weighted by molar-refractivity contribution is 0.472. The van der Waals surface area contributed by atoms with Crippen molar-refractivity contribution in [3.8, 4) is 5.75 Å². The van der Waals surface area contributed by atoms with Crippen LogP contribution in [0.3, 0.4) is 0 Å². The molecule has 0 aliphatic carbocycles. The van der Waals surface area contributed by atoms with Crippen molar-refractivity contribution in [2.45, 2.75) is 26.2 Å². The highest BCUT2D eigenvalue weighted by atomic mass is 35.5. The van der Waals surface area contributed by atoms with Crippen LogP contribution in [0.4, 0.5) is 5.69 Å². The van der Waals surface area contributed by atoms with Gasteiger partial charge in [-0.15, -0.1) is 0 Å². The molecule has 3 heteroatoms. The monoisotopic (exact) mass is 209 g/mol. The molecule has 1 aromatic carbocycles. The summed E-state index contributed by atoms with van der Waals surface area (Å²) >= 11 is 6.11. The van der Waals surface area contributed by atoms with E-state index in [1.807, 2.05) is 13.1 Å². The summed E-state index contributed by atoms with van der Waals surface area (Å²) in [5.74, 6) is 0.266. The SMILES string of the molecule is Cc1cc(Cl)c2c(c1O)N=CCCC2. The second kappa shape index (κ2) is 3.62. The fourth-order valence-corrected chi connectivity index (χ4v) is 2.04. The van der Waals surface area contributed by atoms with Crippen LogP contribution in [0.1, 0.15) is 24.0 Å². The number of aryl methyl sites for hydroxylation is 1. The van der Waals surface area contributed by atoms with Gasteiger partial charge in [-0.25, -0.2) is 0 Å². The highest BCUT2D eigenvalue weighted by molar-refractivity contribution is 6.32. The molecule has 14 heavy (non-hydrogen) atoms. The Hall–Kier alpha value is -1.02. The van der Waals surface area contributed by atoms with Crippen molar-refractivity contribution < 1.29 is 5.11 Å². The van der Waals surface area contributed by atoms with Gasteiger partial charge < -0.3 is 5.11 Å². The van der Waals surface area contributed by atoms with Crippen LogP contribution in [0, 0.1) is 6.92 Å². The molecule has 1 heterocycles. The van der Waals surface area contributed by atoms with Crippen molar-refractivity contribution in [3.05, 3.63) is 22.2 Å². The maximum absolute atomic E-state index is 9.82. The second-order valence-electron chi connectivity index (χ2n) is 3.55. The van der Waals surface area contributed by atoms with Crippen LogP contribution in [0.15, 0.2) is 11.1 Å². The van der Waals surface area contributed by atoms with Gasteiger partial charge in [0.2, 0.25) is 0 Å². The second-order valence-corrected chi connectivity index (χ2v) is 3.96. The van der Waals surface area contributed by atoms with Gasteiger partial charge >= 0.3 is 0 Å². The maximum Gasteiger partial charge on any atom is 0.144 e. The van der Waals surface area contributed by atoms with Gasteiger partial charge in [-0.05, 0) is 37.8 Å². The van der Waals surface area contributed by atoms with Crippen LogP contribution in [0.2, 0.25) is 5.02 Å². The van der Waals surface area contributed by atoms with Gasteiger partial charge in [-0.1, -0.05) is 11.6 Å². The van der Waals surface area contributed by atoms with Gasteiger partial charge in [0.15, 0.2) is 0 Å². The molecule has 74 valence electrons. The molecule has 0 spiro atoms. The molecular formula is C11H12ClNO. The fourth-order valence-electron chi connectivity index (χ4n) is 1.69. The molecule has 0 aromatic heterocycles. The molecule has 0 saturated carbocycles. The molecule has 0 amide bonds.